The summed E-state index contributed by atoms with van der Waals surface area (Å²) in [6.07, 6.45) is 0.928. The molecule has 0 fully saturated rings. The van der Waals surface area contributed by atoms with E-state index in [9.17, 15) is 9.59 Å². The van der Waals surface area contributed by atoms with E-state index in [1.165, 1.54) is 0 Å². The number of carbonyl (C=O) groups excluding carboxylic acids is 1. The van der Waals surface area contributed by atoms with E-state index in [4.69, 9.17) is 5.11 Å². The van der Waals surface area contributed by atoms with Crippen LogP contribution >= 0.6 is 0 Å². The van der Waals surface area contributed by atoms with Gasteiger partial charge < -0.3 is 10.0 Å². The summed E-state index contributed by atoms with van der Waals surface area (Å²) in [7, 11) is 4.00. The Kier molecular flexibility index (Phi) is 7.78. The van der Waals surface area contributed by atoms with Crippen LogP contribution in [0.4, 0.5) is 0 Å². The molecule has 0 spiro atoms. The summed E-state index contributed by atoms with van der Waals surface area (Å²) >= 11 is 0. The van der Waals surface area contributed by atoms with Crippen molar-refractivity contribution in [2.75, 3.05) is 33.7 Å². The third-order valence-corrected chi connectivity index (χ3v) is 3.12. The van der Waals surface area contributed by atoms with Crippen LogP contribution in [0.5, 0.6) is 0 Å². The second-order valence-corrected chi connectivity index (χ2v) is 5.18. The van der Waals surface area contributed by atoms with Gasteiger partial charge in [0.15, 0.2) is 0 Å². The Labute approximate surface area is 110 Å². The Morgan fingerprint density at radius 2 is 1.72 bits per heavy atom. The first-order valence-electron chi connectivity index (χ1n) is 6.37. The highest BCUT2D eigenvalue weighted by atomic mass is 16.4. The van der Waals surface area contributed by atoms with E-state index in [1.54, 1.807) is 13.8 Å². The SMILES string of the molecule is CC(=O)C(C)N(CCCN(C)C)CC(C)C(=O)O. The number of Topliss-reactive ketones (excluding diaryl/α,β-unsaturated/α-hetero) is 1. The van der Waals surface area contributed by atoms with E-state index < -0.39 is 11.9 Å². The van der Waals surface area contributed by atoms with Crippen LogP contribution in [-0.4, -0.2) is 66.4 Å². The minimum absolute atomic E-state index is 0.0810. The van der Waals surface area contributed by atoms with Crippen LogP contribution in [-0.2, 0) is 9.59 Å². The molecule has 0 aliphatic heterocycles. The zero-order valence-electron chi connectivity index (χ0n) is 12.1. The van der Waals surface area contributed by atoms with Crippen LogP contribution in [0.1, 0.15) is 27.2 Å². The number of aliphatic carboxylic acids is 1. The molecule has 2 atom stereocenters. The van der Waals surface area contributed by atoms with E-state index in [-0.39, 0.29) is 11.8 Å². The Balaban J connectivity index is 4.42. The molecule has 0 aromatic rings. The number of hydrogen-bond donors (Lipinski definition) is 1. The van der Waals surface area contributed by atoms with Crippen LogP contribution in [0, 0.1) is 5.92 Å². The first-order chi connectivity index (χ1) is 8.25. The van der Waals surface area contributed by atoms with Gasteiger partial charge in [0.1, 0.15) is 5.78 Å². The summed E-state index contributed by atoms with van der Waals surface area (Å²) in [5.41, 5.74) is 0. The van der Waals surface area contributed by atoms with Crippen LogP contribution < -0.4 is 0 Å². The number of carboxylic acid groups (broad SMARTS) is 1. The standard InChI is InChI=1S/C13H26N2O3/c1-10(13(17)18)9-15(11(2)12(3)16)8-6-7-14(4)5/h10-11H,6-9H2,1-5H3,(H,17,18). The number of ketones is 1. The third kappa shape index (κ3) is 6.71. The molecule has 0 heterocycles. The maximum Gasteiger partial charge on any atom is 0.307 e. The van der Waals surface area contributed by atoms with Gasteiger partial charge in [-0.25, -0.2) is 0 Å². The number of hydrogen-bond acceptors (Lipinski definition) is 4. The van der Waals surface area contributed by atoms with Crippen molar-refractivity contribution in [3.63, 3.8) is 0 Å². The molecular formula is C13H26N2O3. The van der Waals surface area contributed by atoms with E-state index in [0.29, 0.717) is 6.54 Å². The second-order valence-electron chi connectivity index (χ2n) is 5.18. The van der Waals surface area contributed by atoms with Crippen LogP contribution in [0.15, 0.2) is 0 Å². The van der Waals surface area contributed by atoms with Gasteiger partial charge in [-0.3, -0.25) is 14.5 Å². The van der Waals surface area contributed by atoms with Gasteiger partial charge in [0.05, 0.1) is 12.0 Å². The number of nitrogens with zero attached hydrogens (tertiary/aromatic N) is 2. The molecule has 0 amide bonds. The normalized spacial score (nSPS) is 14.8. The van der Waals surface area contributed by atoms with Gasteiger partial charge in [0, 0.05) is 13.1 Å². The molecule has 0 rings (SSSR count). The lowest BCUT2D eigenvalue weighted by molar-refractivity contribution is -0.142. The average molecular weight is 258 g/mol. The van der Waals surface area contributed by atoms with Gasteiger partial charge in [0.2, 0.25) is 0 Å². The summed E-state index contributed by atoms with van der Waals surface area (Å²) < 4.78 is 0. The molecule has 5 heteroatoms. The van der Waals surface area contributed by atoms with Gasteiger partial charge in [-0.15, -0.1) is 0 Å². The van der Waals surface area contributed by atoms with Crippen molar-refractivity contribution in [1.29, 1.82) is 0 Å². The van der Waals surface area contributed by atoms with Crippen LogP contribution in [0.25, 0.3) is 0 Å². The van der Waals surface area contributed by atoms with Gasteiger partial charge in [0.25, 0.3) is 0 Å². The molecular weight excluding hydrogens is 232 g/mol. The van der Waals surface area contributed by atoms with Crippen LogP contribution in [0.2, 0.25) is 0 Å². The van der Waals surface area contributed by atoms with Gasteiger partial charge in [-0.1, -0.05) is 6.92 Å². The summed E-state index contributed by atoms with van der Waals surface area (Å²) in [6, 6.07) is -0.214. The molecule has 0 aromatic heterocycles. The fraction of sp³-hybridized carbons (Fsp3) is 0.846. The zero-order chi connectivity index (χ0) is 14.3. The Hall–Kier alpha value is -0.940. The fourth-order valence-corrected chi connectivity index (χ4v) is 1.72. The van der Waals surface area contributed by atoms with E-state index >= 15 is 0 Å². The summed E-state index contributed by atoms with van der Waals surface area (Å²) in [6.45, 7) is 7.17. The van der Waals surface area contributed by atoms with Crippen molar-refractivity contribution in [2.45, 2.75) is 33.2 Å². The topological polar surface area (TPSA) is 60.9 Å². The molecule has 0 aliphatic carbocycles. The minimum Gasteiger partial charge on any atom is -0.481 e. The molecule has 0 aliphatic rings. The molecule has 0 saturated carbocycles. The Morgan fingerprint density at radius 1 is 1.17 bits per heavy atom. The molecule has 1 N–H and O–H groups in total. The first kappa shape index (κ1) is 17.1. The van der Waals surface area contributed by atoms with Crippen molar-refractivity contribution in [3.8, 4) is 0 Å². The fourth-order valence-electron chi connectivity index (χ4n) is 1.72. The molecule has 0 aromatic carbocycles. The van der Waals surface area contributed by atoms with E-state index in [1.807, 2.05) is 25.9 Å². The second kappa shape index (κ2) is 8.21. The number of carboxylic acids is 1. The zero-order valence-corrected chi connectivity index (χ0v) is 12.1. The van der Waals surface area contributed by atoms with Crippen molar-refractivity contribution in [2.24, 2.45) is 5.92 Å². The predicted molar refractivity (Wildman–Crippen MR) is 71.7 cm³/mol. The lowest BCUT2D eigenvalue weighted by Gasteiger charge is -2.29. The molecule has 0 radical (unpaired) electrons. The molecule has 0 saturated heterocycles. The van der Waals surface area contributed by atoms with Gasteiger partial charge in [-0.05, 0) is 40.9 Å². The maximum absolute atomic E-state index is 11.4. The smallest absolute Gasteiger partial charge is 0.307 e. The minimum atomic E-state index is -0.816. The van der Waals surface area contributed by atoms with Crippen molar-refractivity contribution < 1.29 is 14.7 Å². The maximum atomic E-state index is 11.4. The highest BCUT2D eigenvalue weighted by Crippen LogP contribution is 2.07. The lowest BCUT2D eigenvalue weighted by Crippen LogP contribution is -2.43. The largest absolute Gasteiger partial charge is 0.481 e. The number of carbonyl (C=O) groups is 2. The number of rotatable bonds is 9. The third-order valence-electron chi connectivity index (χ3n) is 3.12. The lowest BCUT2D eigenvalue weighted by atomic mass is 10.1. The molecule has 106 valence electrons. The average Bonchev–Trinajstić information content (AvgIpc) is 2.25. The quantitative estimate of drug-likeness (QED) is 0.667. The summed E-state index contributed by atoms with van der Waals surface area (Å²) in [5.74, 6) is -1.19. The highest BCUT2D eigenvalue weighted by molar-refractivity contribution is 5.81. The monoisotopic (exact) mass is 258 g/mol. The van der Waals surface area contributed by atoms with Gasteiger partial charge >= 0.3 is 5.97 Å². The molecule has 2 unspecified atom stereocenters. The first-order valence-corrected chi connectivity index (χ1v) is 6.37. The Bertz CT molecular complexity index is 279. The highest BCUT2D eigenvalue weighted by Gasteiger charge is 2.22. The van der Waals surface area contributed by atoms with Crippen LogP contribution in [0.3, 0.4) is 0 Å². The predicted octanol–water partition coefficient (Wildman–Crippen LogP) is 0.938. The van der Waals surface area contributed by atoms with Crippen molar-refractivity contribution in [3.05, 3.63) is 0 Å². The van der Waals surface area contributed by atoms with E-state index in [0.717, 1.165) is 19.5 Å². The molecule has 0 bridgehead atoms. The summed E-state index contributed by atoms with van der Waals surface area (Å²) in [5, 5.41) is 8.95. The Morgan fingerprint density at radius 3 is 2.11 bits per heavy atom. The van der Waals surface area contributed by atoms with Crippen molar-refractivity contribution >= 4 is 11.8 Å². The van der Waals surface area contributed by atoms with Crippen molar-refractivity contribution in [1.82, 2.24) is 9.80 Å². The van der Waals surface area contributed by atoms with E-state index in [2.05, 4.69) is 4.90 Å². The molecule has 18 heavy (non-hydrogen) atoms. The van der Waals surface area contributed by atoms with Gasteiger partial charge in [-0.2, -0.15) is 0 Å². The molecule has 5 nitrogen and oxygen atoms in total. The summed E-state index contributed by atoms with van der Waals surface area (Å²) in [4.78, 5) is 26.4.